The second-order valence-corrected chi connectivity index (χ2v) is 5.18. The molecule has 0 aliphatic carbocycles. The molecule has 2 heterocycles. The highest BCUT2D eigenvalue weighted by molar-refractivity contribution is 5.90. The van der Waals surface area contributed by atoms with Crippen LogP contribution in [0, 0.1) is 0 Å². The van der Waals surface area contributed by atoms with Gasteiger partial charge in [0.05, 0.1) is 11.8 Å². The monoisotopic (exact) mass is 234 g/mol. The van der Waals surface area contributed by atoms with E-state index in [9.17, 15) is 4.79 Å². The van der Waals surface area contributed by atoms with Crippen molar-refractivity contribution in [3.8, 4) is 0 Å². The van der Waals surface area contributed by atoms with Crippen LogP contribution in [-0.4, -0.2) is 27.1 Å². The number of aromatic nitrogens is 2. The van der Waals surface area contributed by atoms with Crippen molar-refractivity contribution in [3.63, 3.8) is 0 Å². The smallest absolute Gasteiger partial charge is 0.292 e. The number of fused-ring (bicyclic) bond motifs is 1. The minimum absolute atomic E-state index is 0.0479. The zero-order chi connectivity index (χ0) is 12.8. The molecule has 0 spiro atoms. The average molecular weight is 234 g/mol. The molecule has 0 aromatic carbocycles. The van der Waals surface area contributed by atoms with Gasteiger partial charge in [0.1, 0.15) is 5.69 Å². The fourth-order valence-electron chi connectivity index (χ4n) is 1.85. The Hall–Kier alpha value is -1.65. The summed E-state index contributed by atoms with van der Waals surface area (Å²) in [5.41, 5.74) is 0.399. The van der Waals surface area contributed by atoms with Crippen molar-refractivity contribution in [2.45, 2.75) is 39.3 Å². The summed E-state index contributed by atoms with van der Waals surface area (Å²) in [5.74, 6) is 0.696. The summed E-state index contributed by atoms with van der Waals surface area (Å²) < 4.78 is 3.29. The summed E-state index contributed by atoms with van der Waals surface area (Å²) in [6.07, 6.45) is 3.52. The van der Waals surface area contributed by atoms with E-state index in [0.29, 0.717) is 5.82 Å². The quantitative estimate of drug-likeness (QED) is 0.729. The first-order chi connectivity index (χ1) is 7.83. The Labute approximate surface area is 101 Å². The molecule has 5 nitrogen and oxygen atoms in total. The van der Waals surface area contributed by atoms with E-state index in [-0.39, 0.29) is 17.3 Å². The number of hydrogen-bond acceptors (Lipinski definition) is 3. The van der Waals surface area contributed by atoms with Crippen LogP contribution in [0.4, 0.5) is 5.82 Å². The first-order valence-electron chi connectivity index (χ1n) is 5.75. The molecule has 0 atom stereocenters. The largest absolute Gasteiger partial charge is 0.330 e. The Morgan fingerprint density at radius 1 is 1.35 bits per heavy atom. The molecule has 1 aromatic heterocycles. The Bertz CT molecular complexity index is 558. The van der Waals surface area contributed by atoms with Crippen LogP contribution < -0.4 is 5.69 Å². The molecule has 5 heteroatoms. The summed E-state index contributed by atoms with van der Waals surface area (Å²) >= 11 is 0. The first kappa shape index (κ1) is 11.8. The van der Waals surface area contributed by atoms with Crippen molar-refractivity contribution < 1.29 is 0 Å². The van der Waals surface area contributed by atoms with Crippen LogP contribution in [0.3, 0.4) is 0 Å². The van der Waals surface area contributed by atoms with Crippen molar-refractivity contribution >= 4 is 18.2 Å². The van der Waals surface area contributed by atoms with Gasteiger partial charge in [-0.1, -0.05) is 0 Å². The molecular formula is C12H18N4O. The maximum atomic E-state index is 12.1. The second-order valence-electron chi connectivity index (χ2n) is 5.18. The van der Waals surface area contributed by atoms with Crippen molar-refractivity contribution in [2.75, 3.05) is 0 Å². The zero-order valence-electron chi connectivity index (χ0n) is 10.9. The van der Waals surface area contributed by atoms with E-state index in [0.717, 1.165) is 5.69 Å². The van der Waals surface area contributed by atoms with Gasteiger partial charge in [-0.05, 0) is 27.7 Å². The summed E-state index contributed by atoms with van der Waals surface area (Å²) in [4.78, 5) is 20.9. The zero-order valence-corrected chi connectivity index (χ0v) is 10.9. The van der Waals surface area contributed by atoms with Crippen molar-refractivity contribution in [1.29, 1.82) is 0 Å². The van der Waals surface area contributed by atoms with Crippen LogP contribution in [0.1, 0.15) is 39.4 Å². The normalized spacial score (nSPS) is 17.3. The van der Waals surface area contributed by atoms with Crippen molar-refractivity contribution in [2.24, 2.45) is 17.0 Å². The van der Waals surface area contributed by atoms with Gasteiger partial charge in [-0.3, -0.25) is 14.1 Å². The molecule has 0 N–H and O–H groups in total. The van der Waals surface area contributed by atoms with Crippen LogP contribution >= 0.6 is 0 Å². The van der Waals surface area contributed by atoms with E-state index in [1.807, 2.05) is 27.7 Å². The predicted molar refractivity (Wildman–Crippen MR) is 69.9 cm³/mol. The molecule has 0 amide bonds. The van der Waals surface area contributed by atoms with Gasteiger partial charge in [0.2, 0.25) is 0 Å². The number of imidazole rings is 1. The molecule has 0 radical (unpaired) electrons. The highest BCUT2D eigenvalue weighted by Crippen LogP contribution is 2.23. The van der Waals surface area contributed by atoms with E-state index in [1.54, 1.807) is 28.6 Å². The SMILES string of the molecule is CC(C)n1c2c(n(C)c1=O)C=NC(C)(C)C=N2. The summed E-state index contributed by atoms with van der Waals surface area (Å²) in [6.45, 7) is 7.92. The summed E-state index contributed by atoms with van der Waals surface area (Å²) in [7, 11) is 1.75. The molecule has 92 valence electrons. The molecule has 0 bridgehead atoms. The Morgan fingerprint density at radius 2 is 2.00 bits per heavy atom. The van der Waals surface area contributed by atoms with E-state index < -0.39 is 0 Å². The molecule has 0 fully saturated rings. The van der Waals surface area contributed by atoms with Crippen LogP contribution in [-0.2, 0) is 7.05 Å². The molecule has 0 saturated carbocycles. The molecule has 1 aliphatic heterocycles. The lowest BCUT2D eigenvalue weighted by Crippen LogP contribution is -2.25. The fourth-order valence-corrected chi connectivity index (χ4v) is 1.85. The third kappa shape index (κ3) is 1.85. The number of hydrogen-bond donors (Lipinski definition) is 0. The van der Waals surface area contributed by atoms with Crippen LogP contribution in [0.15, 0.2) is 14.8 Å². The van der Waals surface area contributed by atoms with Crippen molar-refractivity contribution in [3.05, 3.63) is 16.2 Å². The topological polar surface area (TPSA) is 51.6 Å². The third-order valence-electron chi connectivity index (χ3n) is 2.85. The minimum Gasteiger partial charge on any atom is -0.292 e. The number of rotatable bonds is 1. The van der Waals surface area contributed by atoms with Crippen LogP contribution in [0.2, 0.25) is 0 Å². The minimum atomic E-state index is -0.323. The molecule has 17 heavy (non-hydrogen) atoms. The standard InChI is InChI=1S/C12H18N4O/c1-8(2)16-10-9(15(5)11(16)17)6-14-12(3,4)7-13-10/h6-8H,1-5H3. The van der Waals surface area contributed by atoms with E-state index in [4.69, 9.17) is 0 Å². The number of aliphatic imine (C=N–C) groups is 2. The maximum absolute atomic E-state index is 12.1. The lowest BCUT2D eigenvalue weighted by molar-refractivity contribution is 0.570. The lowest BCUT2D eigenvalue weighted by atomic mass is 10.1. The molecule has 1 aliphatic rings. The third-order valence-corrected chi connectivity index (χ3v) is 2.85. The maximum Gasteiger partial charge on any atom is 0.330 e. The first-order valence-corrected chi connectivity index (χ1v) is 5.75. The van der Waals surface area contributed by atoms with E-state index in [1.165, 1.54) is 0 Å². The van der Waals surface area contributed by atoms with Gasteiger partial charge in [0.25, 0.3) is 0 Å². The summed E-state index contributed by atoms with van der Waals surface area (Å²) in [5, 5.41) is 0. The highest BCUT2D eigenvalue weighted by Gasteiger charge is 2.22. The van der Waals surface area contributed by atoms with Gasteiger partial charge in [0, 0.05) is 19.3 Å². The summed E-state index contributed by atoms with van der Waals surface area (Å²) in [6, 6.07) is 0.0872. The second kappa shape index (κ2) is 3.68. The van der Waals surface area contributed by atoms with Gasteiger partial charge >= 0.3 is 5.69 Å². The molecule has 1 aromatic rings. The van der Waals surface area contributed by atoms with Crippen LogP contribution in [0.5, 0.6) is 0 Å². The molecule has 2 rings (SSSR count). The Kier molecular flexibility index (Phi) is 2.56. The van der Waals surface area contributed by atoms with Gasteiger partial charge in [-0.15, -0.1) is 0 Å². The van der Waals surface area contributed by atoms with Crippen molar-refractivity contribution in [1.82, 2.24) is 9.13 Å². The fraction of sp³-hybridized carbons (Fsp3) is 0.583. The lowest BCUT2D eigenvalue weighted by Gasteiger charge is -2.11. The highest BCUT2D eigenvalue weighted by atomic mass is 16.1. The Morgan fingerprint density at radius 3 is 2.59 bits per heavy atom. The Balaban J connectivity index is 2.73. The number of nitrogens with zero attached hydrogens (tertiary/aromatic N) is 4. The van der Waals surface area contributed by atoms with Gasteiger partial charge in [-0.2, -0.15) is 0 Å². The van der Waals surface area contributed by atoms with Gasteiger partial charge in [-0.25, -0.2) is 9.79 Å². The van der Waals surface area contributed by atoms with Gasteiger partial charge < -0.3 is 0 Å². The van der Waals surface area contributed by atoms with Gasteiger partial charge in [0.15, 0.2) is 5.82 Å². The molecule has 0 unspecified atom stereocenters. The molecule has 0 saturated heterocycles. The van der Waals surface area contributed by atoms with E-state index >= 15 is 0 Å². The van der Waals surface area contributed by atoms with E-state index in [2.05, 4.69) is 9.98 Å². The predicted octanol–water partition coefficient (Wildman–Crippen LogP) is 1.68. The van der Waals surface area contributed by atoms with Crippen LogP contribution in [0.25, 0.3) is 0 Å². The molecular weight excluding hydrogens is 216 g/mol. The average Bonchev–Trinajstić information content (AvgIpc) is 2.36.